The number of hydrogen-bond donors (Lipinski definition) is 0. The highest BCUT2D eigenvalue weighted by Crippen LogP contribution is 2.23. The molecule has 0 fully saturated rings. The second kappa shape index (κ2) is 4.64. The Morgan fingerprint density at radius 1 is 1.05 bits per heavy atom. The first kappa shape index (κ1) is 12.5. The van der Waals surface area contributed by atoms with Crippen molar-refractivity contribution in [1.29, 1.82) is 0 Å². The first-order chi connectivity index (χ1) is 10.2. The molecule has 4 rings (SSSR count). The molecule has 3 nitrogen and oxygen atoms in total. The molecular formula is C17H14ClN3. The molecular weight excluding hydrogens is 282 g/mol. The van der Waals surface area contributed by atoms with E-state index in [0.29, 0.717) is 0 Å². The molecule has 0 aliphatic heterocycles. The topological polar surface area (TPSA) is 22.8 Å². The number of aromatic nitrogens is 3. The van der Waals surface area contributed by atoms with Crippen LogP contribution in [-0.2, 0) is 13.6 Å². The Kier molecular flexibility index (Phi) is 2.76. The highest BCUT2D eigenvalue weighted by atomic mass is 35.5. The van der Waals surface area contributed by atoms with E-state index in [1.165, 1.54) is 10.8 Å². The Balaban J connectivity index is 1.85. The third kappa shape index (κ3) is 2.01. The molecule has 0 bridgehead atoms. The van der Waals surface area contributed by atoms with E-state index in [4.69, 9.17) is 11.6 Å². The summed E-state index contributed by atoms with van der Waals surface area (Å²) in [6, 6.07) is 16.4. The average molecular weight is 296 g/mol. The molecule has 104 valence electrons. The number of rotatable bonds is 2. The van der Waals surface area contributed by atoms with Crippen LogP contribution in [0.4, 0.5) is 0 Å². The van der Waals surface area contributed by atoms with Crippen molar-refractivity contribution in [2.75, 3.05) is 0 Å². The van der Waals surface area contributed by atoms with Crippen molar-refractivity contribution in [1.82, 2.24) is 14.3 Å². The van der Waals surface area contributed by atoms with E-state index in [-0.39, 0.29) is 0 Å². The van der Waals surface area contributed by atoms with Crippen LogP contribution in [0.2, 0.25) is 5.02 Å². The highest BCUT2D eigenvalue weighted by Gasteiger charge is 2.10. The average Bonchev–Trinajstić information content (AvgIpc) is 3.02. The fraction of sp³-hybridized carbons (Fsp3) is 0.118. The maximum absolute atomic E-state index is 6.12. The van der Waals surface area contributed by atoms with Gasteiger partial charge in [-0.2, -0.15) is 5.10 Å². The minimum absolute atomic E-state index is 0.741. The van der Waals surface area contributed by atoms with Crippen molar-refractivity contribution in [3.8, 4) is 0 Å². The van der Waals surface area contributed by atoms with Gasteiger partial charge in [-0.25, -0.2) is 0 Å². The molecule has 0 aliphatic rings. The smallest absolute Gasteiger partial charge is 0.0900 e. The lowest BCUT2D eigenvalue weighted by Crippen LogP contribution is -2.00. The molecule has 0 aliphatic carbocycles. The minimum atomic E-state index is 0.741. The maximum Gasteiger partial charge on any atom is 0.0900 e. The van der Waals surface area contributed by atoms with Crippen molar-refractivity contribution < 1.29 is 0 Å². The lowest BCUT2D eigenvalue weighted by molar-refractivity contribution is 0.732. The second-order valence-corrected chi connectivity index (χ2v) is 5.67. The molecule has 0 spiro atoms. The number of hydrogen-bond acceptors (Lipinski definition) is 1. The summed E-state index contributed by atoms with van der Waals surface area (Å²) in [5.41, 5.74) is 3.37. The predicted octanol–water partition coefficient (Wildman–Crippen LogP) is 4.23. The van der Waals surface area contributed by atoms with E-state index in [2.05, 4.69) is 40.1 Å². The first-order valence-electron chi connectivity index (χ1n) is 6.87. The second-order valence-electron chi connectivity index (χ2n) is 5.23. The quantitative estimate of drug-likeness (QED) is 0.542. The van der Waals surface area contributed by atoms with Gasteiger partial charge in [0.1, 0.15) is 0 Å². The van der Waals surface area contributed by atoms with E-state index in [1.807, 2.05) is 36.0 Å². The molecule has 2 aromatic heterocycles. The monoisotopic (exact) mass is 295 g/mol. The van der Waals surface area contributed by atoms with Crippen molar-refractivity contribution in [2.24, 2.45) is 7.05 Å². The Morgan fingerprint density at radius 3 is 2.81 bits per heavy atom. The van der Waals surface area contributed by atoms with Gasteiger partial charge in [-0.1, -0.05) is 35.9 Å². The Morgan fingerprint density at radius 2 is 1.90 bits per heavy atom. The van der Waals surface area contributed by atoms with Crippen LogP contribution >= 0.6 is 11.6 Å². The van der Waals surface area contributed by atoms with Crippen LogP contribution in [0.25, 0.3) is 21.8 Å². The number of nitrogens with zero attached hydrogens (tertiary/aromatic N) is 3. The molecule has 0 unspecified atom stereocenters. The summed E-state index contributed by atoms with van der Waals surface area (Å²) >= 11 is 6.12. The molecule has 0 atom stereocenters. The van der Waals surface area contributed by atoms with Gasteiger partial charge in [-0.15, -0.1) is 0 Å². The molecule has 4 aromatic rings. The van der Waals surface area contributed by atoms with E-state index >= 15 is 0 Å². The van der Waals surface area contributed by atoms with Gasteiger partial charge >= 0.3 is 0 Å². The number of para-hydroxylation sites is 1. The predicted molar refractivity (Wildman–Crippen MR) is 86.8 cm³/mol. The van der Waals surface area contributed by atoms with Crippen molar-refractivity contribution in [3.63, 3.8) is 0 Å². The number of fused-ring (bicyclic) bond motifs is 2. The summed E-state index contributed by atoms with van der Waals surface area (Å²) in [5, 5.41) is 7.81. The molecule has 0 radical (unpaired) electrons. The molecule has 2 heterocycles. The Bertz CT molecular complexity index is 949. The van der Waals surface area contributed by atoms with Gasteiger partial charge in [0.05, 0.1) is 17.8 Å². The van der Waals surface area contributed by atoms with Gasteiger partial charge in [-0.3, -0.25) is 4.68 Å². The largest absolute Gasteiger partial charge is 0.341 e. The van der Waals surface area contributed by atoms with Crippen LogP contribution in [0.15, 0.2) is 54.7 Å². The van der Waals surface area contributed by atoms with Crippen LogP contribution in [0.1, 0.15) is 5.69 Å². The summed E-state index contributed by atoms with van der Waals surface area (Å²) in [5.74, 6) is 0. The summed E-state index contributed by atoms with van der Waals surface area (Å²) in [6.07, 6.45) is 2.09. The van der Waals surface area contributed by atoms with Crippen LogP contribution < -0.4 is 0 Å². The summed E-state index contributed by atoms with van der Waals surface area (Å²) in [4.78, 5) is 0. The summed E-state index contributed by atoms with van der Waals surface area (Å²) in [6.45, 7) is 0.741. The third-order valence-electron chi connectivity index (χ3n) is 3.89. The van der Waals surface area contributed by atoms with Gasteiger partial charge < -0.3 is 4.57 Å². The van der Waals surface area contributed by atoms with E-state index in [9.17, 15) is 0 Å². The van der Waals surface area contributed by atoms with Gasteiger partial charge in [0, 0.05) is 29.2 Å². The maximum atomic E-state index is 6.12. The van der Waals surface area contributed by atoms with Gasteiger partial charge in [-0.05, 0) is 29.7 Å². The Labute approximate surface area is 127 Å². The number of halogens is 1. The first-order valence-corrected chi connectivity index (χ1v) is 7.25. The van der Waals surface area contributed by atoms with Crippen molar-refractivity contribution in [2.45, 2.75) is 6.54 Å². The number of benzene rings is 2. The van der Waals surface area contributed by atoms with Crippen LogP contribution in [0, 0.1) is 0 Å². The van der Waals surface area contributed by atoms with Gasteiger partial charge in [0.2, 0.25) is 0 Å². The fourth-order valence-corrected chi connectivity index (χ4v) is 3.03. The van der Waals surface area contributed by atoms with Crippen molar-refractivity contribution in [3.05, 3.63) is 65.4 Å². The third-order valence-corrected chi connectivity index (χ3v) is 4.13. The zero-order chi connectivity index (χ0) is 14.4. The summed E-state index contributed by atoms with van der Waals surface area (Å²) in [7, 11) is 1.98. The lowest BCUT2D eigenvalue weighted by Gasteiger charge is -2.04. The van der Waals surface area contributed by atoms with Gasteiger partial charge in [0.25, 0.3) is 0 Å². The van der Waals surface area contributed by atoms with Crippen LogP contribution in [-0.4, -0.2) is 14.3 Å². The number of aryl methyl sites for hydroxylation is 1. The molecule has 21 heavy (non-hydrogen) atoms. The molecule has 0 N–H and O–H groups in total. The normalized spacial score (nSPS) is 11.5. The van der Waals surface area contributed by atoms with E-state index in [0.717, 1.165) is 28.3 Å². The van der Waals surface area contributed by atoms with Crippen LogP contribution in [0.5, 0.6) is 0 Å². The highest BCUT2D eigenvalue weighted by molar-refractivity contribution is 6.31. The Hall–Kier alpha value is -2.26. The minimum Gasteiger partial charge on any atom is -0.341 e. The SMILES string of the molecule is Cn1nc(Cn2ccc3ccc(Cl)cc32)c2ccccc21. The van der Waals surface area contributed by atoms with Crippen LogP contribution in [0.3, 0.4) is 0 Å². The van der Waals surface area contributed by atoms with Gasteiger partial charge in [0.15, 0.2) is 0 Å². The molecule has 0 amide bonds. The zero-order valence-corrected chi connectivity index (χ0v) is 12.4. The molecule has 0 saturated heterocycles. The molecule has 0 saturated carbocycles. The standard InChI is InChI=1S/C17H14ClN3/c1-20-16-5-3-2-4-14(16)15(19-20)11-21-9-8-12-6-7-13(18)10-17(12)21/h2-10H,11H2,1H3. The zero-order valence-electron chi connectivity index (χ0n) is 11.6. The lowest BCUT2D eigenvalue weighted by atomic mass is 10.2. The molecule has 2 aromatic carbocycles. The fourth-order valence-electron chi connectivity index (χ4n) is 2.86. The van der Waals surface area contributed by atoms with Crippen molar-refractivity contribution >= 4 is 33.4 Å². The van der Waals surface area contributed by atoms with E-state index in [1.54, 1.807) is 0 Å². The summed E-state index contributed by atoms with van der Waals surface area (Å²) < 4.78 is 4.12. The van der Waals surface area contributed by atoms with E-state index < -0.39 is 0 Å². The molecule has 4 heteroatoms.